The second kappa shape index (κ2) is 7.33. The number of hydrogen-bond donors (Lipinski definition) is 0. The molecule has 0 heterocycles. The van der Waals surface area contributed by atoms with Crippen molar-refractivity contribution >= 4 is 11.4 Å². The summed E-state index contributed by atoms with van der Waals surface area (Å²) in [6.07, 6.45) is 0. The molecule has 0 saturated heterocycles. The van der Waals surface area contributed by atoms with Gasteiger partial charge in [-0.15, -0.1) is 0 Å². The lowest BCUT2D eigenvalue weighted by atomic mass is 10.1. The normalized spacial score (nSPS) is 10.9. The van der Waals surface area contributed by atoms with Gasteiger partial charge in [0.15, 0.2) is 0 Å². The molecule has 3 nitrogen and oxygen atoms in total. The lowest BCUT2D eigenvalue weighted by Gasteiger charge is -2.07. The molecule has 20 heavy (non-hydrogen) atoms. The molecule has 0 N–H and O–H groups in total. The van der Waals surface area contributed by atoms with Gasteiger partial charge in [0.1, 0.15) is 0 Å². The van der Waals surface area contributed by atoms with E-state index in [9.17, 15) is 4.21 Å². The molecule has 0 saturated carbocycles. The highest BCUT2D eigenvalue weighted by Crippen LogP contribution is 2.12. The molecular weight excluding hydrogens is 272 g/mol. The zero-order valence-electron chi connectivity index (χ0n) is 11.7. The molecule has 0 spiro atoms. The van der Waals surface area contributed by atoms with Gasteiger partial charge in [0.05, 0.1) is 13.2 Å². The first-order valence-electron chi connectivity index (χ1n) is 6.44. The Morgan fingerprint density at radius 2 is 1.20 bits per heavy atom. The average molecular weight is 290 g/mol. The molecule has 0 aliphatic carbocycles. The van der Waals surface area contributed by atoms with Crippen molar-refractivity contribution in [1.82, 2.24) is 0 Å². The van der Waals surface area contributed by atoms with Crippen LogP contribution in [0.2, 0.25) is 0 Å². The molecule has 0 aliphatic rings. The second-order valence-electron chi connectivity index (χ2n) is 4.58. The lowest BCUT2D eigenvalue weighted by molar-refractivity contribution is 0.236. The van der Waals surface area contributed by atoms with Crippen molar-refractivity contribution in [2.45, 2.75) is 27.1 Å². The van der Waals surface area contributed by atoms with Crippen LogP contribution in [0.5, 0.6) is 0 Å². The van der Waals surface area contributed by atoms with Crippen LogP contribution in [0.25, 0.3) is 0 Å². The third-order valence-electron chi connectivity index (χ3n) is 3.14. The number of aryl methyl sites for hydroxylation is 2. The molecule has 0 unspecified atom stereocenters. The Morgan fingerprint density at radius 3 is 1.60 bits per heavy atom. The standard InChI is InChI=1S/C16H18O3S/c1-13-7-3-5-9-15(13)11-18-20(17)19-12-16-10-6-4-8-14(16)2/h3-10H,11-12H2,1-2H3. The van der Waals surface area contributed by atoms with Crippen molar-refractivity contribution in [2.75, 3.05) is 0 Å². The average Bonchev–Trinajstić information content (AvgIpc) is 2.45. The molecule has 0 atom stereocenters. The van der Waals surface area contributed by atoms with Crippen LogP contribution >= 0.6 is 0 Å². The summed E-state index contributed by atoms with van der Waals surface area (Å²) < 4.78 is 22.1. The Bertz CT molecular complexity index is 544. The van der Waals surface area contributed by atoms with E-state index in [0.29, 0.717) is 0 Å². The quantitative estimate of drug-likeness (QED) is 0.815. The van der Waals surface area contributed by atoms with Crippen LogP contribution in [0, 0.1) is 13.8 Å². The largest absolute Gasteiger partial charge is 0.305 e. The predicted molar refractivity (Wildman–Crippen MR) is 80.1 cm³/mol. The highest BCUT2D eigenvalue weighted by Gasteiger charge is 2.05. The van der Waals surface area contributed by atoms with Crippen molar-refractivity contribution in [3.8, 4) is 0 Å². The van der Waals surface area contributed by atoms with Crippen molar-refractivity contribution in [3.63, 3.8) is 0 Å². The minimum Gasteiger partial charge on any atom is -0.264 e. The van der Waals surface area contributed by atoms with Gasteiger partial charge in [-0.3, -0.25) is 8.37 Å². The first-order chi connectivity index (χ1) is 9.66. The summed E-state index contributed by atoms with van der Waals surface area (Å²) in [6.45, 7) is 4.56. The van der Waals surface area contributed by atoms with Gasteiger partial charge in [-0.1, -0.05) is 48.5 Å². The van der Waals surface area contributed by atoms with Crippen LogP contribution in [0.4, 0.5) is 0 Å². The third-order valence-corrected chi connectivity index (χ3v) is 3.76. The van der Waals surface area contributed by atoms with E-state index < -0.39 is 11.4 Å². The molecule has 106 valence electrons. The van der Waals surface area contributed by atoms with Crippen molar-refractivity contribution in [3.05, 3.63) is 70.8 Å². The van der Waals surface area contributed by atoms with Gasteiger partial charge in [-0.25, -0.2) is 0 Å². The Balaban J connectivity index is 1.82. The summed E-state index contributed by atoms with van der Waals surface area (Å²) in [6, 6.07) is 15.7. The van der Waals surface area contributed by atoms with Gasteiger partial charge in [0, 0.05) is 0 Å². The molecule has 4 heteroatoms. The van der Waals surface area contributed by atoms with Gasteiger partial charge < -0.3 is 0 Å². The van der Waals surface area contributed by atoms with Gasteiger partial charge in [-0.2, -0.15) is 4.21 Å². The molecule has 0 aliphatic heterocycles. The first-order valence-corrected chi connectivity index (χ1v) is 7.44. The fraction of sp³-hybridized carbons (Fsp3) is 0.250. The maximum Gasteiger partial charge on any atom is 0.305 e. The van der Waals surface area contributed by atoms with Crippen LogP contribution in [0.1, 0.15) is 22.3 Å². The van der Waals surface area contributed by atoms with Gasteiger partial charge in [-0.05, 0) is 36.1 Å². The van der Waals surface area contributed by atoms with Crippen molar-refractivity contribution < 1.29 is 12.6 Å². The fourth-order valence-corrected chi connectivity index (χ4v) is 2.32. The minimum atomic E-state index is -1.74. The van der Waals surface area contributed by atoms with Crippen molar-refractivity contribution in [2.24, 2.45) is 0 Å². The monoisotopic (exact) mass is 290 g/mol. The van der Waals surface area contributed by atoms with E-state index in [2.05, 4.69) is 0 Å². The van der Waals surface area contributed by atoms with E-state index >= 15 is 0 Å². The molecule has 2 rings (SSSR count). The highest BCUT2D eigenvalue weighted by molar-refractivity contribution is 7.75. The number of rotatable bonds is 6. The van der Waals surface area contributed by atoms with Crippen molar-refractivity contribution in [1.29, 1.82) is 0 Å². The van der Waals surface area contributed by atoms with Crippen LogP contribution in [-0.4, -0.2) is 4.21 Å². The second-order valence-corrected chi connectivity index (χ2v) is 5.46. The van der Waals surface area contributed by atoms with E-state index in [1.54, 1.807) is 0 Å². The third kappa shape index (κ3) is 4.27. The SMILES string of the molecule is Cc1ccccc1COS(=O)OCc1ccccc1C. The summed E-state index contributed by atoms with van der Waals surface area (Å²) in [5.74, 6) is 0. The molecule has 0 bridgehead atoms. The lowest BCUT2D eigenvalue weighted by Crippen LogP contribution is -2.04. The highest BCUT2D eigenvalue weighted by atomic mass is 32.2. The smallest absolute Gasteiger partial charge is 0.264 e. The molecule has 0 radical (unpaired) electrons. The maximum atomic E-state index is 11.7. The minimum absolute atomic E-state index is 0.285. The summed E-state index contributed by atoms with van der Waals surface area (Å²) in [5, 5.41) is 0. The molecule has 2 aromatic rings. The Labute approximate surface area is 122 Å². The van der Waals surface area contributed by atoms with E-state index in [4.69, 9.17) is 8.37 Å². The summed E-state index contributed by atoms with van der Waals surface area (Å²) in [7, 11) is 0. The van der Waals surface area contributed by atoms with Crippen LogP contribution in [-0.2, 0) is 32.9 Å². The molecular formula is C16H18O3S. The topological polar surface area (TPSA) is 35.5 Å². The predicted octanol–water partition coefficient (Wildman–Crippen LogP) is 3.62. The Morgan fingerprint density at radius 1 is 0.800 bits per heavy atom. The van der Waals surface area contributed by atoms with E-state index in [0.717, 1.165) is 22.3 Å². The first kappa shape index (κ1) is 14.9. The van der Waals surface area contributed by atoms with E-state index in [-0.39, 0.29) is 13.2 Å². The van der Waals surface area contributed by atoms with Gasteiger partial charge in [0.25, 0.3) is 0 Å². The Kier molecular flexibility index (Phi) is 5.47. The summed E-state index contributed by atoms with van der Waals surface area (Å²) in [4.78, 5) is 0. The molecule has 0 aromatic heterocycles. The summed E-state index contributed by atoms with van der Waals surface area (Å²) in [5.41, 5.74) is 4.26. The summed E-state index contributed by atoms with van der Waals surface area (Å²) >= 11 is -1.74. The van der Waals surface area contributed by atoms with Crippen LogP contribution in [0.15, 0.2) is 48.5 Å². The zero-order chi connectivity index (χ0) is 14.4. The fourth-order valence-electron chi connectivity index (χ4n) is 1.80. The maximum absolute atomic E-state index is 11.7. The van der Waals surface area contributed by atoms with Gasteiger partial charge in [0.2, 0.25) is 0 Å². The molecule has 2 aromatic carbocycles. The Hall–Kier alpha value is -1.49. The number of benzene rings is 2. The number of hydrogen-bond acceptors (Lipinski definition) is 3. The van der Waals surface area contributed by atoms with Crippen LogP contribution in [0.3, 0.4) is 0 Å². The van der Waals surface area contributed by atoms with Gasteiger partial charge >= 0.3 is 11.4 Å². The zero-order valence-corrected chi connectivity index (χ0v) is 12.5. The van der Waals surface area contributed by atoms with Crippen LogP contribution < -0.4 is 0 Å². The molecule has 0 amide bonds. The van der Waals surface area contributed by atoms with E-state index in [1.165, 1.54) is 0 Å². The molecule has 0 fully saturated rings. The van der Waals surface area contributed by atoms with E-state index in [1.807, 2.05) is 62.4 Å².